The van der Waals surface area contributed by atoms with Crippen molar-refractivity contribution in [3.05, 3.63) is 36.7 Å². The van der Waals surface area contributed by atoms with Gasteiger partial charge in [-0.15, -0.1) is 0 Å². The van der Waals surface area contributed by atoms with E-state index in [-0.39, 0.29) is 22.5 Å². The lowest BCUT2D eigenvalue weighted by Crippen LogP contribution is -2.36. The standard InChI is InChI=1S/C19H22N4O6S/c1-29-17-10-16(20-11-21-17)23-30(27,28)13-8-6-12(7-9-13)22-18(24)14-4-2-3-5-15(14)19(25)26/h6-11,14-15H,2-5H2,1H3,(H,22,24)(H,25,26)(H,20,21,23)/t14-,15+/m0/s1. The number of ether oxygens (including phenoxy) is 1. The second-order valence-electron chi connectivity index (χ2n) is 6.90. The highest BCUT2D eigenvalue weighted by Crippen LogP contribution is 2.31. The summed E-state index contributed by atoms with van der Waals surface area (Å²) in [6.07, 6.45) is 3.76. The zero-order chi connectivity index (χ0) is 21.7. The largest absolute Gasteiger partial charge is 0.481 e. The SMILES string of the molecule is COc1cc(NS(=O)(=O)c2ccc(NC(=O)[C@H]3CCCC[C@H]3C(=O)O)cc2)ncn1. The van der Waals surface area contributed by atoms with E-state index in [0.717, 1.165) is 12.8 Å². The molecule has 1 heterocycles. The first-order valence-electron chi connectivity index (χ1n) is 9.33. The number of hydrogen-bond acceptors (Lipinski definition) is 7. The highest BCUT2D eigenvalue weighted by Gasteiger charge is 2.35. The smallest absolute Gasteiger partial charge is 0.307 e. The highest BCUT2D eigenvalue weighted by molar-refractivity contribution is 7.92. The molecule has 2 atom stereocenters. The Bertz CT molecular complexity index is 1030. The Hall–Kier alpha value is -3.21. The molecular weight excluding hydrogens is 412 g/mol. The van der Waals surface area contributed by atoms with Crippen molar-refractivity contribution in [3.63, 3.8) is 0 Å². The van der Waals surface area contributed by atoms with Gasteiger partial charge < -0.3 is 15.2 Å². The summed E-state index contributed by atoms with van der Waals surface area (Å²) < 4.78 is 32.3. The third kappa shape index (κ3) is 5.03. The predicted octanol–water partition coefficient (Wildman–Crippen LogP) is 2.12. The lowest BCUT2D eigenvalue weighted by molar-refractivity contribution is -0.147. The number of benzene rings is 1. The van der Waals surface area contributed by atoms with E-state index >= 15 is 0 Å². The molecule has 160 valence electrons. The number of nitrogens with one attached hydrogen (secondary N) is 2. The van der Waals surface area contributed by atoms with Crippen molar-refractivity contribution in [2.45, 2.75) is 30.6 Å². The highest BCUT2D eigenvalue weighted by atomic mass is 32.2. The molecule has 2 aromatic rings. The van der Waals surface area contributed by atoms with Crippen molar-refractivity contribution in [2.75, 3.05) is 17.1 Å². The van der Waals surface area contributed by atoms with Crippen LogP contribution in [0.1, 0.15) is 25.7 Å². The second kappa shape index (κ2) is 9.08. The molecule has 0 saturated heterocycles. The van der Waals surface area contributed by atoms with Crippen molar-refractivity contribution in [1.82, 2.24) is 9.97 Å². The minimum atomic E-state index is -3.91. The molecule has 1 aromatic heterocycles. The number of nitrogens with zero attached hydrogens (tertiary/aromatic N) is 2. The van der Waals surface area contributed by atoms with Crippen LogP contribution in [0.15, 0.2) is 41.6 Å². The number of carbonyl (C=O) groups excluding carboxylic acids is 1. The molecule has 0 aliphatic heterocycles. The zero-order valence-electron chi connectivity index (χ0n) is 16.2. The number of rotatable bonds is 7. The molecule has 1 saturated carbocycles. The molecule has 1 fully saturated rings. The van der Waals surface area contributed by atoms with Crippen LogP contribution in [0, 0.1) is 11.8 Å². The number of carboxylic acid groups (broad SMARTS) is 1. The third-order valence-electron chi connectivity index (χ3n) is 4.94. The van der Waals surface area contributed by atoms with E-state index in [0.29, 0.717) is 18.5 Å². The van der Waals surface area contributed by atoms with Crippen LogP contribution in [-0.2, 0) is 19.6 Å². The quantitative estimate of drug-likeness (QED) is 0.600. The minimum absolute atomic E-state index is 0.0286. The molecule has 10 nitrogen and oxygen atoms in total. The minimum Gasteiger partial charge on any atom is -0.481 e. The van der Waals surface area contributed by atoms with Crippen LogP contribution in [0.25, 0.3) is 0 Å². The monoisotopic (exact) mass is 434 g/mol. The Kier molecular flexibility index (Phi) is 6.50. The van der Waals surface area contributed by atoms with Crippen LogP contribution >= 0.6 is 0 Å². The topological polar surface area (TPSA) is 148 Å². The first kappa shape index (κ1) is 21.5. The van der Waals surface area contributed by atoms with Crippen LogP contribution in [0.4, 0.5) is 11.5 Å². The van der Waals surface area contributed by atoms with Crippen LogP contribution in [-0.4, -0.2) is 42.5 Å². The summed E-state index contributed by atoms with van der Waals surface area (Å²) in [4.78, 5) is 31.6. The van der Waals surface area contributed by atoms with Crippen molar-refractivity contribution in [3.8, 4) is 5.88 Å². The normalized spacial score (nSPS) is 19.0. The molecule has 3 N–H and O–H groups in total. The van der Waals surface area contributed by atoms with E-state index in [2.05, 4.69) is 20.0 Å². The van der Waals surface area contributed by atoms with Gasteiger partial charge in [0.25, 0.3) is 10.0 Å². The summed E-state index contributed by atoms with van der Waals surface area (Å²) in [5, 5.41) is 12.0. The lowest BCUT2D eigenvalue weighted by Gasteiger charge is -2.27. The van der Waals surface area contributed by atoms with Crippen molar-refractivity contribution < 1.29 is 27.9 Å². The Labute approximate surface area is 173 Å². The van der Waals surface area contributed by atoms with Gasteiger partial charge in [-0.25, -0.2) is 18.4 Å². The molecule has 1 amide bonds. The number of carbonyl (C=O) groups is 2. The Morgan fingerprint density at radius 2 is 1.77 bits per heavy atom. The summed E-state index contributed by atoms with van der Waals surface area (Å²) in [6.45, 7) is 0. The molecule has 11 heteroatoms. The molecule has 0 unspecified atom stereocenters. The number of aliphatic carboxylic acids is 1. The maximum atomic E-state index is 12.5. The van der Waals surface area contributed by atoms with E-state index in [1.165, 1.54) is 43.8 Å². The Balaban J connectivity index is 1.69. The average molecular weight is 434 g/mol. The van der Waals surface area contributed by atoms with Gasteiger partial charge in [-0.2, -0.15) is 0 Å². The van der Waals surface area contributed by atoms with Gasteiger partial charge in [0.15, 0.2) is 0 Å². The summed E-state index contributed by atoms with van der Waals surface area (Å²) >= 11 is 0. The molecule has 0 radical (unpaired) electrons. The van der Waals surface area contributed by atoms with Gasteiger partial charge in [0.05, 0.1) is 23.8 Å². The number of amides is 1. The lowest BCUT2D eigenvalue weighted by atomic mass is 9.78. The van der Waals surface area contributed by atoms with Crippen molar-refractivity contribution >= 4 is 33.4 Å². The molecule has 30 heavy (non-hydrogen) atoms. The second-order valence-corrected chi connectivity index (χ2v) is 8.58. The summed E-state index contributed by atoms with van der Waals surface area (Å²) in [7, 11) is -2.51. The van der Waals surface area contributed by atoms with E-state index in [4.69, 9.17) is 4.74 Å². The number of aromatic nitrogens is 2. The number of carboxylic acids is 1. The van der Waals surface area contributed by atoms with Gasteiger partial charge in [0.1, 0.15) is 12.1 Å². The average Bonchev–Trinajstić information content (AvgIpc) is 2.74. The number of sulfonamides is 1. The van der Waals surface area contributed by atoms with E-state index in [1.54, 1.807) is 0 Å². The van der Waals surface area contributed by atoms with Crippen molar-refractivity contribution in [1.29, 1.82) is 0 Å². The van der Waals surface area contributed by atoms with Gasteiger partial charge >= 0.3 is 5.97 Å². The number of methoxy groups -OCH3 is 1. The maximum Gasteiger partial charge on any atom is 0.307 e. The third-order valence-corrected chi connectivity index (χ3v) is 6.31. The van der Waals surface area contributed by atoms with Gasteiger partial charge in [-0.1, -0.05) is 12.8 Å². The Morgan fingerprint density at radius 1 is 1.10 bits per heavy atom. The molecule has 0 bridgehead atoms. The summed E-state index contributed by atoms with van der Waals surface area (Å²) in [5.41, 5.74) is 0.386. The number of anilines is 2. The molecule has 1 aromatic carbocycles. The fourth-order valence-corrected chi connectivity index (χ4v) is 4.40. The summed E-state index contributed by atoms with van der Waals surface area (Å²) in [6, 6.07) is 6.92. The Morgan fingerprint density at radius 3 is 2.40 bits per heavy atom. The van der Waals surface area contributed by atoms with E-state index in [1.807, 2.05) is 0 Å². The molecule has 0 spiro atoms. The van der Waals surface area contributed by atoms with Gasteiger partial charge in [0, 0.05) is 11.8 Å². The molecule has 3 rings (SSSR count). The van der Waals surface area contributed by atoms with Crippen LogP contribution in [0.5, 0.6) is 5.88 Å². The van der Waals surface area contributed by atoms with E-state index < -0.39 is 27.8 Å². The molecule has 1 aliphatic rings. The fourth-order valence-electron chi connectivity index (χ4n) is 3.40. The van der Waals surface area contributed by atoms with Crippen LogP contribution in [0.3, 0.4) is 0 Å². The fraction of sp³-hybridized carbons (Fsp3) is 0.368. The predicted molar refractivity (Wildman–Crippen MR) is 108 cm³/mol. The molecule has 1 aliphatic carbocycles. The first-order chi connectivity index (χ1) is 14.3. The van der Waals surface area contributed by atoms with Gasteiger partial charge in [0.2, 0.25) is 11.8 Å². The maximum absolute atomic E-state index is 12.5. The first-order valence-corrected chi connectivity index (χ1v) is 10.8. The van der Waals surface area contributed by atoms with Crippen molar-refractivity contribution in [2.24, 2.45) is 11.8 Å². The zero-order valence-corrected chi connectivity index (χ0v) is 17.1. The molecular formula is C19H22N4O6S. The summed E-state index contributed by atoms with van der Waals surface area (Å²) in [5.74, 6) is -2.38. The van der Waals surface area contributed by atoms with Gasteiger partial charge in [-0.3, -0.25) is 14.3 Å². The van der Waals surface area contributed by atoms with Crippen LogP contribution < -0.4 is 14.8 Å². The number of hydrogen-bond donors (Lipinski definition) is 3. The van der Waals surface area contributed by atoms with Gasteiger partial charge in [-0.05, 0) is 37.1 Å². The van der Waals surface area contributed by atoms with E-state index in [9.17, 15) is 23.1 Å². The van der Waals surface area contributed by atoms with Crippen LogP contribution in [0.2, 0.25) is 0 Å².